The van der Waals surface area contributed by atoms with Gasteiger partial charge in [0.15, 0.2) is 0 Å². The van der Waals surface area contributed by atoms with Crippen LogP contribution in [0.15, 0.2) is 15.6 Å². The lowest BCUT2D eigenvalue weighted by atomic mass is 10.4. The van der Waals surface area contributed by atoms with E-state index in [1.807, 2.05) is 13.8 Å². The van der Waals surface area contributed by atoms with Crippen LogP contribution >= 0.6 is 0 Å². The molecule has 4 nitrogen and oxygen atoms in total. The van der Waals surface area contributed by atoms with E-state index in [-0.39, 0.29) is 0 Å². The van der Waals surface area contributed by atoms with Crippen molar-refractivity contribution in [3.8, 4) is 0 Å². The number of H-pyrrole nitrogens is 1. The highest BCUT2D eigenvalue weighted by Gasteiger charge is 1.74. The van der Waals surface area contributed by atoms with Crippen LogP contribution in [0.3, 0.4) is 0 Å². The van der Waals surface area contributed by atoms with Crippen molar-refractivity contribution in [1.82, 2.24) is 10.1 Å². The predicted molar refractivity (Wildman–Crippen MR) is 49.1 cm³/mol. The second-order valence-corrected chi connectivity index (χ2v) is 1.76. The number of nitrogens with zero attached hydrogens (tertiary/aromatic N) is 1. The standard InChI is InChI=1S/C4H10.C2H2N2O2.C2H6/c1-3-4-2;5-2-3-1-4-6-2;1-2/h3-4H2,1-2H3;1H,(H,3,4,5);1-2H3. The van der Waals surface area contributed by atoms with Gasteiger partial charge in [-0.25, -0.2) is 4.79 Å². The molecular weight excluding hydrogens is 156 g/mol. The predicted octanol–water partition coefficient (Wildman–Crippen LogP) is 2.20. The Morgan fingerprint density at radius 3 is 2.00 bits per heavy atom. The van der Waals surface area contributed by atoms with Crippen molar-refractivity contribution in [3.05, 3.63) is 16.9 Å². The van der Waals surface area contributed by atoms with E-state index < -0.39 is 5.76 Å². The zero-order chi connectivity index (χ0) is 9.82. The van der Waals surface area contributed by atoms with Crippen molar-refractivity contribution in [1.29, 1.82) is 0 Å². The molecule has 1 heterocycles. The largest absolute Gasteiger partial charge is 0.438 e. The highest BCUT2D eigenvalue weighted by Crippen LogP contribution is 1.76. The fourth-order valence-electron chi connectivity index (χ4n) is 0.180. The van der Waals surface area contributed by atoms with E-state index >= 15 is 0 Å². The molecule has 0 spiro atoms. The summed E-state index contributed by atoms with van der Waals surface area (Å²) < 4.78 is 3.97. The molecule has 0 aliphatic carbocycles. The number of unbranched alkanes of at least 4 members (excludes halogenated alkanes) is 1. The number of aromatic amines is 1. The Hall–Kier alpha value is -1.06. The smallest absolute Gasteiger partial charge is 0.296 e. The number of nitrogens with one attached hydrogen (secondary N) is 1. The molecule has 0 radical (unpaired) electrons. The summed E-state index contributed by atoms with van der Waals surface area (Å²) in [7, 11) is 0. The van der Waals surface area contributed by atoms with E-state index in [9.17, 15) is 4.79 Å². The third-order valence-corrected chi connectivity index (χ3v) is 0.871. The lowest BCUT2D eigenvalue weighted by Gasteiger charge is -1.68. The summed E-state index contributed by atoms with van der Waals surface area (Å²) in [5, 5.41) is 3.08. The van der Waals surface area contributed by atoms with Gasteiger partial charge in [0, 0.05) is 0 Å². The molecule has 0 bridgehead atoms. The molecule has 4 heteroatoms. The Balaban J connectivity index is 0. The van der Waals surface area contributed by atoms with Gasteiger partial charge < -0.3 is 0 Å². The van der Waals surface area contributed by atoms with Gasteiger partial charge in [0.05, 0.1) is 0 Å². The summed E-state index contributed by atoms with van der Waals surface area (Å²) in [6.45, 7) is 8.36. The molecule has 0 saturated heterocycles. The van der Waals surface area contributed by atoms with Crippen LogP contribution in [0.1, 0.15) is 40.5 Å². The highest BCUT2D eigenvalue weighted by atomic mass is 16.5. The van der Waals surface area contributed by atoms with E-state index in [0.29, 0.717) is 0 Å². The summed E-state index contributed by atoms with van der Waals surface area (Å²) in [6, 6.07) is 0. The number of aromatic nitrogens is 2. The quantitative estimate of drug-likeness (QED) is 0.710. The van der Waals surface area contributed by atoms with E-state index in [0.717, 1.165) is 0 Å². The molecule has 0 aliphatic heterocycles. The van der Waals surface area contributed by atoms with Gasteiger partial charge in [-0.15, -0.1) is 0 Å². The fraction of sp³-hybridized carbons (Fsp3) is 0.750. The number of rotatable bonds is 1. The maximum atomic E-state index is 9.78. The van der Waals surface area contributed by atoms with Gasteiger partial charge in [-0.1, -0.05) is 45.7 Å². The maximum absolute atomic E-state index is 9.78. The maximum Gasteiger partial charge on any atom is 0.438 e. The van der Waals surface area contributed by atoms with Crippen LogP contribution in [-0.2, 0) is 0 Å². The van der Waals surface area contributed by atoms with Crippen molar-refractivity contribution in [2.75, 3.05) is 0 Å². The first-order valence-electron chi connectivity index (χ1n) is 4.30. The summed E-state index contributed by atoms with van der Waals surface area (Å²) in [6.07, 6.45) is 3.82. The van der Waals surface area contributed by atoms with Gasteiger partial charge in [0.25, 0.3) is 0 Å². The van der Waals surface area contributed by atoms with Gasteiger partial charge in [0.1, 0.15) is 6.33 Å². The molecule has 0 aliphatic rings. The van der Waals surface area contributed by atoms with Gasteiger partial charge in [-0.2, -0.15) is 0 Å². The van der Waals surface area contributed by atoms with Crippen molar-refractivity contribution in [2.24, 2.45) is 0 Å². The Bertz CT molecular complexity index is 174. The molecule has 1 rings (SSSR count). The van der Waals surface area contributed by atoms with E-state index in [4.69, 9.17) is 0 Å². The summed E-state index contributed by atoms with van der Waals surface area (Å²) in [5.74, 6) is -0.519. The topological polar surface area (TPSA) is 58.9 Å². The SMILES string of the molecule is CC.CCCC.O=c1[nH]cno1. The second kappa shape index (κ2) is 12.6. The summed E-state index contributed by atoms with van der Waals surface area (Å²) >= 11 is 0. The molecule has 0 amide bonds. The molecule has 72 valence electrons. The fourth-order valence-corrected chi connectivity index (χ4v) is 0.180. The van der Waals surface area contributed by atoms with E-state index in [1.165, 1.54) is 19.2 Å². The number of hydrogen-bond acceptors (Lipinski definition) is 3. The second-order valence-electron chi connectivity index (χ2n) is 1.76. The normalized spacial score (nSPS) is 7.33. The minimum Gasteiger partial charge on any atom is -0.296 e. The summed E-state index contributed by atoms with van der Waals surface area (Å²) in [5.41, 5.74) is 0. The zero-order valence-corrected chi connectivity index (χ0v) is 8.26. The van der Waals surface area contributed by atoms with E-state index in [2.05, 4.69) is 28.5 Å². The van der Waals surface area contributed by atoms with Gasteiger partial charge in [0.2, 0.25) is 0 Å². The molecule has 0 saturated carbocycles. The van der Waals surface area contributed by atoms with Crippen molar-refractivity contribution in [2.45, 2.75) is 40.5 Å². The van der Waals surface area contributed by atoms with Crippen LogP contribution in [-0.4, -0.2) is 10.1 Å². The first-order valence-corrected chi connectivity index (χ1v) is 4.30. The first kappa shape index (κ1) is 13.5. The highest BCUT2D eigenvalue weighted by molar-refractivity contribution is 4.41. The van der Waals surface area contributed by atoms with Crippen LogP contribution in [0, 0.1) is 0 Å². The minimum absolute atomic E-state index is 0.519. The van der Waals surface area contributed by atoms with Crippen molar-refractivity contribution >= 4 is 0 Å². The molecule has 1 aromatic heterocycles. The Kier molecular flexibility index (Phi) is 14.2. The van der Waals surface area contributed by atoms with Gasteiger partial charge >= 0.3 is 5.76 Å². The number of hydrogen-bond donors (Lipinski definition) is 1. The minimum atomic E-state index is -0.519. The van der Waals surface area contributed by atoms with Crippen LogP contribution in [0.4, 0.5) is 0 Å². The molecule has 1 aromatic rings. The lowest BCUT2D eigenvalue weighted by Crippen LogP contribution is -1.92. The van der Waals surface area contributed by atoms with Crippen LogP contribution in [0.25, 0.3) is 0 Å². The lowest BCUT2D eigenvalue weighted by molar-refractivity contribution is 0.386. The Morgan fingerprint density at radius 1 is 1.42 bits per heavy atom. The molecule has 0 fully saturated rings. The zero-order valence-electron chi connectivity index (χ0n) is 8.26. The van der Waals surface area contributed by atoms with Crippen molar-refractivity contribution in [3.63, 3.8) is 0 Å². The average molecular weight is 174 g/mol. The first-order chi connectivity index (χ1) is 5.81. The summed E-state index contributed by atoms with van der Waals surface area (Å²) in [4.78, 5) is 12.0. The Morgan fingerprint density at radius 2 is 1.92 bits per heavy atom. The average Bonchev–Trinajstić information content (AvgIpc) is 2.60. The molecule has 1 N–H and O–H groups in total. The molecule has 0 aromatic carbocycles. The van der Waals surface area contributed by atoms with Crippen LogP contribution in [0.2, 0.25) is 0 Å². The molecule has 12 heavy (non-hydrogen) atoms. The monoisotopic (exact) mass is 174 g/mol. The van der Waals surface area contributed by atoms with Crippen LogP contribution < -0.4 is 5.76 Å². The molecule has 0 atom stereocenters. The third kappa shape index (κ3) is 11.7. The van der Waals surface area contributed by atoms with Crippen LogP contribution in [0.5, 0.6) is 0 Å². The molecule has 0 unspecified atom stereocenters. The van der Waals surface area contributed by atoms with Gasteiger partial charge in [-0.05, 0) is 0 Å². The third-order valence-electron chi connectivity index (χ3n) is 0.871. The molecular formula is C8H18N2O2. The Labute approximate surface area is 73.0 Å². The van der Waals surface area contributed by atoms with E-state index in [1.54, 1.807) is 0 Å². The van der Waals surface area contributed by atoms with Gasteiger partial charge in [-0.3, -0.25) is 9.51 Å². The van der Waals surface area contributed by atoms with Crippen molar-refractivity contribution < 1.29 is 4.52 Å².